The van der Waals surface area contributed by atoms with Crippen LogP contribution in [0.3, 0.4) is 0 Å². The van der Waals surface area contributed by atoms with Crippen LogP contribution in [0.15, 0.2) is 42.0 Å². The van der Waals surface area contributed by atoms with Gasteiger partial charge >= 0.3 is 5.97 Å². The second-order valence-corrected chi connectivity index (χ2v) is 7.33. The molecule has 0 saturated carbocycles. The second-order valence-electron chi connectivity index (χ2n) is 6.89. The summed E-state index contributed by atoms with van der Waals surface area (Å²) in [7, 11) is 0. The number of allylic oxidation sites excluding steroid dienone is 1. The van der Waals surface area contributed by atoms with E-state index in [0.717, 1.165) is 28.8 Å². The number of carboxylic acids is 1. The monoisotopic (exact) mass is 417 g/mol. The van der Waals surface area contributed by atoms with Crippen LogP contribution in [0, 0.1) is 28.9 Å². The van der Waals surface area contributed by atoms with Gasteiger partial charge in [-0.25, -0.2) is 8.78 Å². The van der Waals surface area contributed by atoms with Gasteiger partial charge in [-0.2, -0.15) is 5.26 Å². The molecule has 0 fully saturated rings. The first-order chi connectivity index (χ1) is 13.9. The summed E-state index contributed by atoms with van der Waals surface area (Å²) in [5.74, 6) is -3.52. The second kappa shape index (κ2) is 9.06. The Kier molecular flexibility index (Phi) is 6.50. The van der Waals surface area contributed by atoms with Crippen molar-refractivity contribution in [1.82, 2.24) is 0 Å². The van der Waals surface area contributed by atoms with Gasteiger partial charge in [0.15, 0.2) is 17.4 Å². The van der Waals surface area contributed by atoms with Crippen LogP contribution >= 0.6 is 11.6 Å². The average Bonchev–Trinajstić information content (AvgIpc) is 3.09. The van der Waals surface area contributed by atoms with Gasteiger partial charge in [-0.05, 0) is 65.8 Å². The molecule has 1 atom stereocenters. The predicted octanol–water partition coefficient (Wildman–Crippen LogP) is 5.40. The lowest BCUT2D eigenvalue weighted by atomic mass is 10.0. The maximum Gasteiger partial charge on any atom is 0.303 e. The molecule has 3 rings (SSSR count). The van der Waals surface area contributed by atoms with Gasteiger partial charge < -0.3 is 9.84 Å². The minimum Gasteiger partial charge on any atom is -0.483 e. The van der Waals surface area contributed by atoms with E-state index in [0.29, 0.717) is 17.9 Å². The molecule has 0 saturated heterocycles. The van der Waals surface area contributed by atoms with Crippen LogP contribution < -0.4 is 4.74 Å². The summed E-state index contributed by atoms with van der Waals surface area (Å²) in [6, 6.07) is 11.6. The molecule has 1 aliphatic rings. The van der Waals surface area contributed by atoms with Gasteiger partial charge in [0.1, 0.15) is 6.61 Å². The summed E-state index contributed by atoms with van der Waals surface area (Å²) < 4.78 is 34.1. The summed E-state index contributed by atoms with van der Waals surface area (Å²) in [6.45, 7) is -0.0432. The molecule has 7 heteroatoms. The molecule has 4 nitrogen and oxygen atoms in total. The quantitative estimate of drug-likeness (QED) is 0.654. The molecule has 0 heterocycles. The van der Waals surface area contributed by atoms with Crippen molar-refractivity contribution in [2.24, 2.45) is 5.92 Å². The summed E-state index contributed by atoms with van der Waals surface area (Å²) in [5.41, 5.74) is 2.89. The molecule has 150 valence electrons. The van der Waals surface area contributed by atoms with Crippen LogP contribution in [0.25, 0.3) is 5.57 Å². The molecule has 0 bridgehead atoms. The lowest BCUT2D eigenvalue weighted by Gasteiger charge is -2.12. The van der Waals surface area contributed by atoms with Crippen molar-refractivity contribution in [1.29, 1.82) is 5.26 Å². The molecule has 2 aromatic rings. The smallest absolute Gasteiger partial charge is 0.303 e. The Morgan fingerprint density at radius 2 is 1.86 bits per heavy atom. The summed E-state index contributed by atoms with van der Waals surface area (Å²) >= 11 is 5.93. The minimum absolute atomic E-state index is 0.0270. The number of nitrogens with zero attached hydrogens (tertiary/aromatic N) is 1. The number of carbonyl (C=O) groups is 1. The number of aryl methyl sites for hydroxylation is 1. The van der Waals surface area contributed by atoms with Crippen LogP contribution in [0.5, 0.6) is 5.75 Å². The number of nitriles is 1. The first kappa shape index (κ1) is 20.8. The molecule has 0 aromatic heterocycles. The lowest BCUT2D eigenvalue weighted by molar-refractivity contribution is -0.136. The first-order valence-corrected chi connectivity index (χ1v) is 9.44. The van der Waals surface area contributed by atoms with Gasteiger partial charge in [0.05, 0.1) is 12.0 Å². The predicted molar refractivity (Wildman–Crippen MR) is 105 cm³/mol. The maximum atomic E-state index is 14.3. The van der Waals surface area contributed by atoms with Crippen LogP contribution in [0.2, 0.25) is 5.02 Å². The van der Waals surface area contributed by atoms with Crippen molar-refractivity contribution in [3.05, 3.63) is 69.8 Å². The Balaban J connectivity index is 1.79. The van der Waals surface area contributed by atoms with E-state index in [4.69, 9.17) is 21.4 Å². The number of aliphatic carboxylic acids is 1. The minimum atomic E-state index is -1.04. The van der Waals surface area contributed by atoms with E-state index >= 15 is 0 Å². The van der Waals surface area contributed by atoms with E-state index in [2.05, 4.69) is 6.07 Å². The molecule has 0 spiro atoms. The largest absolute Gasteiger partial charge is 0.483 e. The van der Waals surface area contributed by atoms with Crippen molar-refractivity contribution in [3.8, 4) is 11.8 Å². The van der Waals surface area contributed by atoms with Crippen molar-refractivity contribution < 1.29 is 23.4 Å². The highest BCUT2D eigenvalue weighted by Crippen LogP contribution is 2.38. The molecule has 1 unspecified atom stereocenters. The molecular weight excluding hydrogens is 400 g/mol. The number of halogens is 3. The topological polar surface area (TPSA) is 70.3 Å². The molecule has 0 radical (unpaired) electrons. The summed E-state index contributed by atoms with van der Waals surface area (Å²) in [5, 5.41) is 18.6. The standard InChI is InChI=1S/C22H18ClF2NO3/c23-17-4-2-15(3-5-17)18-8-14(11-26)7-16(18)12-29-22-19(24)9-13(10-20(22)25)1-6-21(27)28/h2-5,9-10,14H,1,6-8,12H2,(H,27,28). The van der Waals surface area contributed by atoms with Crippen LogP contribution in [-0.2, 0) is 11.2 Å². The molecule has 1 aliphatic carbocycles. The first-order valence-electron chi connectivity index (χ1n) is 9.06. The lowest BCUT2D eigenvalue weighted by Crippen LogP contribution is -2.06. The van der Waals surface area contributed by atoms with Gasteiger partial charge in [0.25, 0.3) is 0 Å². The number of rotatable bonds is 7. The van der Waals surface area contributed by atoms with E-state index in [1.165, 1.54) is 0 Å². The third-order valence-corrected chi connectivity index (χ3v) is 5.07. The number of benzene rings is 2. The highest BCUT2D eigenvalue weighted by atomic mass is 35.5. The van der Waals surface area contributed by atoms with Gasteiger partial charge in [0, 0.05) is 11.4 Å². The zero-order valence-electron chi connectivity index (χ0n) is 15.4. The fourth-order valence-corrected chi connectivity index (χ4v) is 3.53. The zero-order chi connectivity index (χ0) is 21.0. The van der Waals surface area contributed by atoms with E-state index in [1.54, 1.807) is 12.1 Å². The fourth-order valence-electron chi connectivity index (χ4n) is 3.40. The van der Waals surface area contributed by atoms with Crippen molar-refractivity contribution in [2.45, 2.75) is 25.7 Å². The summed E-state index contributed by atoms with van der Waals surface area (Å²) in [6.07, 6.45) is 0.815. The van der Waals surface area contributed by atoms with Crippen molar-refractivity contribution in [2.75, 3.05) is 6.61 Å². The van der Waals surface area contributed by atoms with Crippen molar-refractivity contribution in [3.63, 3.8) is 0 Å². The molecule has 0 aliphatic heterocycles. The van der Waals surface area contributed by atoms with Crippen LogP contribution in [0.1, 0.15) is 30.4 Å². The Morgan fingerprint density at radius 3 is 2.45 bits per heavy atom. The maximum absolute atomic E-state index is 14.3. The Bertz CT molecular complexity index is 973. The molecular formula is C22H18ClF2NO3. The molecule has 29 heavy (non-hydrogen) atoms. The number of ether oxygens (including phenoxy) is 1. The SMILES string of the molecule is N#CC1CC(COc2c(F)cc(CCC(=O)O)cc2F)=C(c2ccc(Cl)cc2)C1. The van der Waals surface area contributed by atoms with E-state index in [9.17, 15) is 18.8 Å². The zero-order valence-corrected chi connectivity index (χ0v) is 16.2. The third-order valence-electron chi connectivity index (χ3n) is 4.82. The third kappa shape index (κ3) is 5.12. The number of carboxylic acid groups (broad SMARTS) is 1. The van der Waals surface area contributed by atoms with Crippen LogP contribution in [0.4, 0.5) is 8.78 Å². The Labute approximate surface area is 172 Å². The summed E-state index contributed by atoms with van der Waals surface area (Å²) in [4.78, 5) is 10.6. The molecule has 0 amide bonds. The molecule has 1 N–H and O–H groups in total. The van der Waals surface area contributed by atoms with Gasteiger partial charge in [0.2, 0.25) is 0 Å². The highest BCUT2D eigenvalue weighted by Gasteiger charge is 2.26. The van der Waals surface area contributed by atoms with E-state index in [-0.39, 0.29) is 30.9 Å². The number of hydrogen-bond donors (Lipinski definition) is 1. The number of hydrogen-bond acceptors (Lipinski definition) is 3. The van der Waals surface area contributed by atoms with Crippen LogP contribution in [-0.4, -0.2) is 17.7 Å². The van der Waals surface area contributed by atoms with E-state index < -0.39 is 23.4 Å². The fraction of sp³-hybridized carbons (Fsp3) is 0.273. The van der Waals surface area contributed by atoms with Crippen molar-refractivity contribution >= 4 is 23.1 Å². The highest BCUT2D eigenvalue weighted by molar-refractivity contribution is 6.30. The Morgan fingerprint density at radius 1 is 1.21 bits per heavy atom. The van der Waals surface area contributed by atoms with Gasteiger partial charge in [-0.3, -0.25) is 4.79 Å². The average molecular weight is 418 g/mol. The van der Waals surface area contributed by atoms with Gasteiger partial charge in [-0.15, -0.1) is 0 Å². The normalized spacial score (nSPS) is 16.0. The van der Waals surface area contributed by atoms with E-state index in [1.807, 2.05) is 12.1 Å². The Hall–Kier alpha value is -2.91. The molecule has 2 aromatic carbocycles. The van der Waals surface area contributed by atoms with Gasteiger partial charge in [-0.1, -0.05) is 23.7 Å².